The highest BCUT2D eigenvalue weighted by Gasteiger charge is 2.10. The molecule has 0 aliphatic carbocycles. The molecular formula is C6H15N3O. The summed E-state index contributed by atoms with van der Waals surface area (Å²) in [6.07, 6.45) is -0.343. The second-order valence-corrected chi connectivity index (χ2v) is 2.43. The van der Waals surface area contributed by atoms with Crippen LogP contribution in [-0.4, -0.2) is 29.5 Å². The third kappa shape index (κ3) is 3.55. The number of hydrogen-bond donors (Lipinski definition) is 4. The molecule has 2 atom stereocenters. The van der Waals surface area contributed by atoms with E-state index in [1.807, 2.05) is 0 Å². The molecule has 0 aromatic rings. The number of nitrogens with one attached hydrogen (secondary N) is 1. The van der Waals surface area contributed by atoms with Crippen molar-refractivity contribution in [2.75, 3.05) is 6.54 Å². The second kappa shape index (κ2) is 4.38. The van der Waals surface area contributed by atoms with E-state index < -0.39 is 6.10 Å². The van der Waals surface area contributed by atoms with Crippen LogP contribution in [-0.2, 0) is 0 Å². The van der Waals surface area contributed by atoms with Gasteiger partial charge in [0.2, 0.25) is 0 Å². The molecule has 1 unspecified atom stereocenters. The largest absolute Gasteiger partial charge is 0.387 e. The van der Waals surface area contributed by atoms with E-state index in [-0.39, 0.29) is 11.8 Å². The van der Waals surface area contributed by atoms with Crippen LogP contribution in [0.4, 0.5) is 0 Å². The van der Waals surface area contributed by atoms with Crippen LogP contribution in [0, 0.1) is 5.41 Å². The van der Waals surface area contributed by atoms with Gasteiger partial charge in [0.15, 0.2) is 0 Å². The third-order valence-corrected chi connectivity index (χ3v) is 1.33. The molecule has 0 aliphatic heterocycles. The van der Waals surface area contributed by atoms with Crippen molar-refractivity contribution in [3.8, 4) is 0 Å². The maximum absolute atomic E-state index is 9.07. The Hall–Kier alpha value is -0.450. The standard InChI is InChI=1S/C6H15N3O/c1-4(8)6(10)2-5(9)3-7/h5-6,8,10H,2-3,7,9H2,1H3/t5?,6-/m0/s1. The Kier molecular flexibility index (Phi) is 4.18. The van der Waals surface area contributed by atoms with Crippen LogP contribution in [0.15, 0.2) is 0 Å². The molecule has 0 radical (unpaired) electrons. The highest BCUT2D eigenvalue weighted by molar-refractivity contribution is 5.82. The highest BCUT2D eigenvalue weighted by Crippen LogP contribution is 1.95. The molecular weight excluding hydrogens is 130 g/mol. The van der Waals surface area contributed by atoms with E-state index in [0.29, 0.717) is 13.0 Å². The van der Waals surface area contributed by atoms with Crippen LogP contribution in [0.25, 0.3) is 0 Å². The molecule has 4 heteroatoms. The fourth-order valence-corrected chi connectivity index (χ4v) is 0.560. The molecule has 6 N–H and O–H groups in total. The predicted octanol–water partition coefficient (Wildman–Crippen LogP) is -0.937. The quantitative estimate of drug-likeness (QED) is 0.384. The molecule has 60 valence electrons. The molecule has 0 saturated heterocycles. The van der Waals surface area contributed by atoms with Gasteiger partial charge in [0, 0.05) is 18.3 Å². The summed E-state index contributed by atoms with van der Waals surface area (Å²) in [6.45, 7) is 1.90. The lowest BCUT2D eigenvalue weighted by Gasteiger charge is -2.12. The van der Waals surface area contributed by atoms with Crippen molar-refractivity contribution in [3.05, 3.63) is 0 Å². The van der Waals surface area contributed by atoms with Crippen LogP contribution in [0.1, 0.15) is 13.3 Å². The zero-order valence-corrected chi connectivity index (χ0v) is 6.17. The molecule has 0 fully saturated rings. The van der Waals surface area contributed by atoms with Gasteiger partial charge in [0.1, 0.15) is 0 Å². The lowest BCUT2D eigenvalue weighted by atomic mass is 10.1. The van der Waals surface area contributed by atoms with Gasteiger partial charge in [0.05, 0.1) is 6.10 Å². The Labute approximate surface area is 60.7 Å². The minimum atomic E-state index is -0.724. The van der Waals surface area contributed by atoms with Crippen molar-refractivity contribution < 1.29 is 5.11 Å². The molecule has 10 heavy (non-hydrogen) atoms. The van der Waals surface area contributed by atoms with E-state index >= 15 is 0 Å². The molecule has 0 spiro atoms. The molecule has 4 nitrogen and oxygen atoms in total. The van der Waals surface area contributed by atoms with E-state index in [9.17, 15) is 0 Å². The summed E-state index contributed by atoms with van der Waals surface area (Å²) >= 11 is 0. The van der Waals surface area contributed by atoms with Gasteiger partial charge in [-0.2, -0.15) is 0 Å². The summed E-state index contributed by atoms with van der Waals surface area (Å²) in [7, 11) is 0. The first kappa shape index (κ1) is 9.55. The topological polar surface area (TPSA) is 96.1 Å². The van der Waals surface area contributed by atoms with Gasteiger partial charge in [-0.25, -0.2) is 0 Å². The Morgan fingerprint density at radius 3 is 2.50 bits per heavy atom. The monoisotopic (exact) mass is 145 g/mol. The molecule has 0 aromatic heterocycles. The number of nitrogens with two attached hydrogens (primary N) is 2. The van der Waals surface area contributed by atoms with Gasteiger partial charge >= 0.3 is 0 Å². The van der Waals surface area contributed by atoms with Gasteiger partial charge < -0.3 is 22.0 Å². The first-order valence-electron chi connectivity index (χ1n) is 3.26. The molecule has 0 bridgehead atoms. The van der Waals surface area contributed by atoms with Gasteiger partial charge in [-0.3, -0.25) is 0 Å². The SMILES string of the molecule is CC(=N)[C@@H](O)CC(N)CN. The minimum Gasteiger partial charge on any atom is -0.387 e. The summed E-state index contributed by atoms with van der Waals surface area (Å²) in [5.74, 6) is 0. The first-order valence-corrected chi connectivity index (χ1v) is 3.26. The number of hydrogen-bond acceptors (Lipinski definition) is 4. The van der Waals surface area contributed by atoms with Crippen molar-refractivity contribution in [3.63, 3.8) is 0 Å². The average molecular weight is 145 g/mol. The van der Waals surface area contributed by atoms with E-state index in [2.05, 4.69) is 0 Å². The lowest BCUT2D eigenvalue weighted by Crippen LogP contribution is -2.35. The maximum Gasteiger partial charge on any atom is 0.0926 e. The van der Waals surface area contributed by atoms with Crippen molar-refractivity contribution >= 4 is 5.71 Å². The summed E-state index contributed by atoms with van der Waals surface area (Å²) < 4.78 is 0. The minimum absolute atomic E-state index is 0.199. The number of aliphatic hydroxyl groups excluding tert-OH is 1. The predicted molar refractivity (Wildman–Crippen MR) is 41.1 cm³/mol. The van der Waals surface area contributed by atoms with E-state index in [1.165, 1.54) is 0 Å². The number of aliphatic hydroxyl groups is 1. The zero-order chi connectivity index (χ0) is 8.15. The average Bonchev–Trinajstić information content (AvgIpc) is 1.87. The van der Waals surface area contributed by atoms with Crippen LogP contribution in [0.3, 0.4) is 0 Å². The van der Waals surface area contributed by atoms with Crippen LogP contribution < -0.4 is 11.5 Å². The first-order chi connectivity index (χ1) is 4.57. The molecule has 0 saturated carbocycles. The molecule has 0 amide bonds. The molecule has 0 heterocycles. The van der Waals surface area contributed by atoms with Crippen molar-refractivity contribution in [2.45, 2.75) is 25.5 Å². The summed E-state index contributed by atoms with van der Waals surface area (Å²) in [5.41, 5.74) is 10.9. The van der Waals surface area contributed by atoms with Gasteiger partial charge in [-0.15, -0.1) is 0 Å². The van der Waals surface area contributed by atoms with Gasteiger partial charge in [-0.1, -0.05) is 0 Å². The van der Waals surface area contributed by atoms with E-state index in [4.69, 9.17) is 22.0 Å². The Balaban J connectivity index is 3.56. The lowest BCUT2D eigenvalue weighted by molar-refractivity contribution is 0.219. The van der Waals surface area contributed by atoms with Gasteiger partial charge in [-0.05, 0) is 13.3 Å². The fourth-order valence-electron chi connectivity index (χ4n) is 0.560. The Bertz CT molecular complexity index is 116. The van der Waals surface area contributed by atoms with Crippen LogP contribution in [0.2, 0.25) is 0 Å². The fraction of sp³-hybridized carbons (Fsp3) is 0.833. The molecule has 0 aromatic carbocycles. The highest BCUT2D eigenvalue weighted by atomic mass is 16.3. The second-order valence-electron chi connectivity index (χ2n) is 2.43. The van der Waals surface area contributed by atoms with Crippen molar-refractivity contribution in [2.24, 2.45) is 11.5 Å². The smallest absolute Gasteiger partial charge is 0.0926 e. The summed E-state index contributed by atoms with van der Waals surface area (Å²) in [4.78, 5) is 0. The third-order valence-electron chi connectivity index (χ3n) is 1.33. The molecule has 0 aliphatic rings. The Morgan fingerprint density at radius 2 is 2.20 bits per heavy atom. The van der Waals surface area contributed by atoms with E-state index in [0.717, 1.165) is 0 Å². The van der Waals surface area contributed by atoms with Gasteiger partial charge in [0.25, 0.3) is 0 Å². The van der Waals surface area contributed by atoms with Crippen molar-refractivity contribution in [1.82, 2.24) is 0 Å². The number of rotatable bonds is 4. The summed E-state index contributed by atoms with van der Waals surface area (Å²) in [5, 5.41) is 16.1. The summed E-state index contributed by atoms with van der Waals surface area (Å²) in [6, 6.07) is -0.199. The van der Waals surface area contributed by atoms with Crippen LogP contribution in [0.5, 0.6) is 0 Å². The normalized spacial score (nSPS) is 16.4. The maximum atomic E-state index is 9.07. The van der Waals surface area contributed by atoms with Crippen LogP contribution >= 0.6 is 0 Å². The van der Waals surface area contributed by atoms with Crippen molar-refractivity contribution in [1.29, 1.82) is 5.41 Å². The molecule has 0 rings (SSSR count). The zero-order valence-electron chi connectivity index (χ0n) is 6.17. The Morgan fingerprint density at radius 1 is 1.70 bits per heavy atom. The van der Waals surface area contributed by atoms with E-state index in [1.54, 1.807) is 6.92 Å².